The molecule has 0 aromatic heterocycles. The molecule has 1 unspecified atom stereocenters. The van der Waals surface area contributed by atoms with E-state index in [1.807, 2.05) is 0 Å². The summed E-state index contributed by atoms with van der Waals surface area (Å²) in [5.41, 5.74) is 0.431. The third-order valence-electron chi connectivity index (χ3n) is 2.34. The van der Waals surface area contributed by atoms with E-state index in [0.717, 1.165) is 19.4 Å². The lowest BCUT2D eigenvalue weighted by atomic mass is 10.2. The molecule has 0 aromatic carbocycles. The van der Waals surface area contributed by atoms with Crippen LogP contribution in [0.5, 0.6) is 0 Å². The molecule has 0 radical (unpaired) electrons. The van der Waals surface area contributed by atoms with E-state index in [1.54, 1.807) is 6.92 Å². The number of hydrogen-bond donors (Lipinski definition) is 0. The number of carbonyl (C=O) groups is 1. The SMILES string of the molecule is C=C(C)C(=O)OCCCOCC1CCCO1. The van der Waals surface area contributed by atoms with Gasteiger partial charge in [0.2, 0.25) is 0 Å². The highest BCUT2D eigenvalue weighted by Crippen LogP contribution is 2.11. The van der Waals surface area contributed by atoms with E-state index in [-0.39, 0.29) is 12.1 Å². The highest BCUT2D eigenvalue weighted by molar-refractivity contribution is 5.86. The average molecular weight is 228 g/mol. The second-order valence-corrected chi connectivity index (χ2v) is 3.98. The van der Waals surface area contributed by atoms with Crippen LogP contribution in [0.4, 0.5) is 0 Å². The predicted octanol–water partition coefficient (Wildman–Crippen LogP) is 1.69. The molecule has 1 rings (SSSR count). The van der Waals surface area contributed by atoms with Crippen molar-refractivity contribution >= 4 is 5.97 Å². The molecule has 0 saturated carbocycles. The van der Waals surface area contributed by atoms with E-state index < -0.39 is 0 Å². The first-order valence-electron chi connectivity index (χ1n) is 5.72. The fourth-order valence-electron chi connectivity index (χ4n) is 1.44. The van der Waals surface area contributed by atoms with E-state index in [4.69, 9.17) is 14.2 Å². The maximum absolute atomic E-state index is 11.0. The molecule has 0 aliphatic carbocycles. The van der Waals surface area contributed by atoms with Gasteiger partial charge in [-0.2, -0.15) is 0 Å². The molecule has 4 heteroatoms. The molecule has 1 saturated heterocycles. The van der Waals surface area contributed by atoms with E-state index >= 15 is 0 Å². The first kappa shape index (κ1) is 13.2. The van der Waals surface area contributed by atoms with Crippen molar-refractivity contribution in [3.63, 3.8) is 0 Å². The van der Waals surface area contributed by atoms with Gasteiger partial charge in [0.05, 0.1) is 19.3 Å². The van der Waals surface area contributed by atoms with Crippen LogP contribution < -0.4 is 0 Å². The van der Waals surface area contributed by atoms with Crippen molar-refractivity contribution in [3.8, 4) is 0 Å². The van der Waals surface area contributed by atoms with Crippen LogP contribution >= 0.6 is 0 Å². The first-order chi connectivity index (χ1) is 7.70. The maximum atomic E-state index is 11.0. The summed E-state index contributed by atoms with van der Waals surface area (Å²) in [5.74, 6) is -0.334. The van der Waals surface area contributed by atoms with Gasteiger partial charge in [0.25, 0.3) is 0 Å². The van der Waals surface area contributed by atoms with Gasteiger partial charge in [-0.05, 0) is 19.8 Å². The Morgan fingerprint density at radius 1 is 1.50 bits per heavy atom. The van der Waals surface area contributed by atoms with Gasteiger partial charge in [0, 0.05) is 25.2 Å². The summed E-state index contributed by atoms with van der Waals surface area (Å²) < 4.78 is 15.8. The minimum absolute atomic E-state index is 0.262. The Morgan fingerprint density at radius 3 is 2.94 bits per heavy atom. The molecule has 1 atom stereocenters. The third kappa shape index (κ3) is 5.28. The van der Waals surface area contributed by atoms with Gasteiger partial charge in [-0.15, -0.1) is 0 Å². The summed E-state index contributed by atoms with van der Waals surface area (Å²) in [5, 5.41) is 0. The first-order valence-corrected chi connectivity index (χ1v) is 5.72. The predicted molar refractivity (Wildman–Crippen MR) is 60.2 cm³/mol. The van der Waals surface area contributed by atoms with Gasteiger partial charge in [0.1, 0.15) is 0 Å². The summed E-state index contributed by atoms with van der Waals surface area (Å²) in [4.78, 5) is 11.0. The molecule has 1 heterocycles. The molecule has 0 N–H and O–H groups in total. The Labute approximate surface area is 96.6 Å². The number of ether oxygens (including phenoxy) is 3. The topological polar surface area (TPSA) is 44.8 Å². The molecule has 0 aromatic rings. The molecule has 92 valence electrons. The molecule has 1 fully saturated rings. The van der Waals surface area contributed by atoms with Crippen molar-refractivity contribution in [2.24, 2.45) is 0 Å². The second-order valence-electron chi connectivity index (χ2n) is 3.98. The summed E-state index contributed by atoms with van der Waals surface area (Å²) in [6.07, 6.45) is 3.19. The average Bonchev–Trinajstić information content (AvgIpc) is 2.75. The highest BCUT2D eigenvalue weighted by atomic mass is 16.5. The van der Waals surface area contributed by atoms with E-state index in [1.165, 1.54) is 0 Å². The van der Waals surface area contributed by atoms with Crippen LogP contribution in [-0.2, 0) is 19.0 Å². The lowest BCUT2D eigenvalue weighted by molar-refractivity contribution is -0.139. The molecule has 1 aliphatic rings. The van der Waals surface area contributed by atoms with Gasteiger partial charge in [-0.1, -0.05) is 6.58 Å². The lowest BCUT2D eigenvalue weighted by Gasteiger charge is -2.10. The van der Waals surface area contributed by atoms with Crippen LogP contribution in [-0.4, -0.2) is 38.5 Å². The van der Waals surface area contributed by atoms with Gasteiger partial charge < -0.3 is 14.2 Å². The third-order valence-corrected chi connectivity index (χ3v) is 2.34. The van der Waals surface area contributed by atoms with E-state index in [9.17, 15) is 4.79 Å². The van der Waals surface area contributed by atoms with Gasteiger partial charge in [0.15, 0.2) is 0 Å². The maximum Gasteiger partial charge on any atom is 0.333 e. The van der Waals surface area contributed by atoms with Crippen LogP contribution in [0.2, 0.25) is 0 Å². The highest BCUT2D eigenvalue weighted by Gasteiger charge is 2.14. The van der Waals surface area contributed by atoms with Crippen LogP contribution in [0.15, 0.2) is 12.2 Å². The van der Waals surface area contributed by atoms with Gasteiger partial charge in [-0.3, -0.25) is 0 Å². The molecule has 0 amide bonds. The minimum Gasteiger partial charge on any atom is -0.462 e. The number of rotatable bonds is 7. The van der Waals surface area contributed by atoms with E-state index in [2.05, 4.69) is 6.58 Å². The fraction of sp³-hybridized carbons (Fsp3) is 0.750. The van der Waals surface area contributed by atoms with Crippen LogP contribution in [0.3, 0.4) is 0 Å². The molecule has 1 aliphatic heterocycles. The summed E-state index contributed by atoms with van der Waals surface area (Å²) in [7, 11) is 0. The standard InChI is InChI=1S/C12H20O4/c1-10(2)12(13)16-8-4-6-14-9-11-5-3-7-15-11/h11H,1,3-9H2,2H3. The smallest absolute Gasteiger partial charge is 0.333 e. The zero-order chi connectivity index (χ0) is 11.8. The number of hydrogen-bond acceptors (Lipinski definition) is 4. The zero-order valence-corrected chi connectivity index (χ0v) is 9.87. The number of carbonyl (C=O) groups excluding carboxylic acids is 1. The Kier molecular flexibility index (Phi) is 6.11. The molecule has 4 nitrogen and oxygen atoms in total. The summed E-state index contributed by atoms with van der Waals surface area (Å²) >= 11 is 0. The van der Waals surface area contributed by atoms with Gasteiger partial charge >= 0.3 is 5.97 Å². The molecular formula is C12H20O4. The Bertz CT molecular complexity index is 231. The summed E-state index contributed by atoms with van der Waals surface area (Å²) in [6.45, 7) is 7.62. The van der Waals surface area contributed by atoms with Crippen LogP contribution in [0.25, 0.3) is 0 Å². The van der Waals surface area contributed by atoms with Crippen molar-refractivity contribution in [1.29, 1.82) is 0 Å². The molecular weight excluding hydrogens is 208 g/mol. The Morgan fingerprint density at radius 2 is 2.31 bits per heavy atom. The van der Waals surface area contributed by atoms with E-state index in [0.29, 0.717) is 31.8 Å². The normalized spacial score (nSPS) is 19.7. The second kappa shape index (κ2) is 7.41. The molecule has 16 heavy (non-hydrogen) atoms. The molecule has 0 bridgehead atoms. The van der Waals surface area contributed by atoms with Crippen molar-refractivity contribution in [2.75, 3.05) is 26.4 Å². The Hall–Kier alpha value is -0.870. The van der Waals surface area contributed by atoms with Crippen molar-refractivity contribution in [3.05, 3.63) is 12.2 Å². The van der Waals surface area contributed by atoms with Crippen LogP contribution in [0, 0.1) is 0 Å². The lowest BCUT2D eigenvalue weighted by Crippen LogP contribution is -2.15. The van der Waals surface area contributed by atoms with Crippen LogP contribution in [0.1, 0.15) is 26.2 Å². The summed E-state index contributed by atoms with van der Waals surface area (Å²) in [6, 6.07) is 0. The molecule has 0 spiro atoms. The minimum atomic E-state index is -0.334. The van der Waals surface area contributed by atoms with Crippen molar-refractivity contribution in [2.45, 2.75) is 32.3 Å². The number of esters is 1. The van der Waals surface area contributed by atoms with Crippen molar-refractivity contribution in [1.82, 2.24) is 0 Å². The van der Waals surface area contributed by atoms with Crippen molar-refractivity contribution < 1.29 is 19.0 Å². The monoisotopic (exact) mass is 228 g/mol. The fourth-order valence-corrected chi connectivity index (χ4v) is 1.44. The quantitative estimate of drug-likeness (QED) is 0.378. The zero-order valence-electron chi connectivity index (χ0n) is 9.87. The largest absolute Gasteiger partial charge is 0.462 e. The Balaban J connectivity index is 1.88. The van der Waals surface area contributed by atoms with Gasteiger partial charge in [-0.25, -0.2) is 4.79 Å².